The van der Waals surface area contributed by atoms with E-state index >= 15 is 0 Å². The molecule has 0 unspecified atom stereocenters. The number of anilines is 1. The molecule has 2 N–H and O–H groups in total. The van der Waals surface area contributed by atoms with Crippen LogP contribution < -0.4 is 15.4 Å². The Hall–Kier alpha value is -2.07. The van der Waals surface area contributed by atoms with Gasteiger partial charge in [-0.2, -0.15) is 0 Å². The van der Waals surface area contributed by atoms with Gasteiger partial charge in [0, 0.05) is 22.8 Å². The second kappa shape index (κ2) is 5.32. The molecular formula is C12H11ClN3O+. The molecule has 0 fully saturated rings. The second-order valence-corrected chi connectivity index (χ2v) is 3.79. The molecule has 1 aromatic heterocycles. The van der Waals surface area contributed by atoms with Gasteiger partial charge in [-0.25, -0.2) is 4.79 Å². The number of hydrogen-bond donors (Lipinski definition) is 2. The van der Waals surface area contributed by atoms with Gasteiger partial charge < -0.3 is 5.32 Å². The quantitative estimate of drug-likeness (QED) is 0.788. The van der Waals surface area contributed by atoms with Gasteiger partial charge in [0.2, 0.25) is 0 Å². The van der Waals surface area contributed by atoms with Crippen LogP contribution in [0.15, 0.2) is 54.9 Å². The zero-order valence-electron chi connectivity index (χ0n) is 8.93. The van der Waals surface area contributed by atoms with Crippen LogP contribution >= 0.6 is 11.6 Å². The highest BCUT2D eigenvalue weighted by Crippen LogP contribution is 2.12. The van der Waals surface area contributed by atoms with Crippen LogP contribution in [0.1, 0.15) is 0 Å². The zero-order chi connectivity index (χ0) is 12.1. The maximum atomic E-state index is 11.6. The normalized spacial score (nSPS) is 9.71. The van der Waals surface area contributed by atoms with Crippen molar-refractivity contribution in [3.63, 3.8) is 0 Å². The fourth-order valence-corrected chi connectivity index (χ4v) is 1.41. The maximum absolute atomic E-state index is 11.6. The smallest absolute Gasteiger partial charge is 0.304 e. The molecular weight excluding hydrogens is 238 g/mol. The Bertz CT molecular complexity index is 499. The highest BCUT2D eigenvalue weighted by molar-refractivity contribution is 6.30. The molecule has 2 rings (SSSR count). The van der Waals surface area contributed by atoms with Crippen LogP contribution in [0.2, 0.25) is 5.02 Å². The van der Waals surface area contributed by atoms with E-state index in [2.05, 4.69) is 10.7 Å². The Morgan fingerprint density at radius 3 is 2.35 bits per heavy atom. The number of urea groups is 1. The van der Waals surface area contributed by atoms with Crippen molar-refractivity contribution in [1.29, 1.82) is 0 Å². The number of amides is 2. The average molecular weight is 249 g/mol. The van der Waals surface area contributed by atoms with Crippen molar-refractivity contribution < 1.29 is 9.47 Å². The topological polar surface area (TPSA) is 45.0 Å². The standard InChI is InChI=1S/C12H10ClN3O/c13-10-4-6-11(7-5-10)14-12(17)15-16-8-2-1-3-9-16/h1-9H,(H-,14,15,17)/p+1. The van der Waals surface area contributed by atoms with Crippen molar-refractivity contribution in [2.24, 2.45) is 0 Å². The van der Waals surface area contributed by atoms with E-state index in [0.29, 0.717) is 10.7 Å². The maximum Gasteiger partial charge on any atom is 0.372 e. The molecule has 0 atom stereocenters. The van der Waals surface area contributed by atoms with E-state index in [1.807, 2.05) is 18.2 Å². The number of hydrogen-bond acceptors (Lipinski definition) is 1. The molecule has 0 saturated carbocycles. The molecule has 17 heavy (non-hydrogen) atoms. The van der Waals surface area contributed by atoms with Gasteiger partial charge in [-0.1, -0.05) is 22.3 Å². The summed E-state index contributed by atoms with van der Waals surface area (Å²) in [6.45, 7) is 0. The van der Waals surface area contributed by atoms with Gasteiger partial charge in [-0.15, -0.1) is 5.43 Å². The minimum absolute atomic E-state index is 0.316. The number of benzene rings is 1. The van der Waals surface area contributed by atoms with E-state index in [4.69, 9.17) is 11.6 Å². The summed E-state index contributed by atoms with van der Waals surface area (Å²) in [5.41, 5.74) is 3.32. The lowest BCUT2D eigenvalue weighted by Crippen LogP contribution is -2.49. The van der Waals surface area contributed by atoms with Gasteiger partial charge >= 0.3 is 6.03 Å². The fourth-order valence-electron chi connectivity index (χ4n) is 1.28. The zero-order valence-corrected chi connectivity index (χ0v) is 9.69. The van der Waals surface area contributed by atoms with Gasteiger partial charge in [-0.05, 0) is 24.3 Å². The summed E-state index contributed by atoms with van der Waals surface area (Å²) in [6, 6.07) is 12.1. The number of carbonyl (C=O) groups is 1. The van der Waals surface area contributed by atoms with E-state index < -0.39 is 0 Å². The molecule has 0 aliphatic carbocycles. The molecule has 0 saturated heterocycles. The molecule has 0 bridgehead atoms. The number of nitrogens with one attached hydrogen (secondary N) is 2. The Morgan fingerprint density at radius 2 is 1.71 bits per heavy atom. The number of aromatic nitrogens is 1. The van der Waals surface area contributed by atoms with Gasteiger partial charge in [0.1, 0.15) is 0 Å². The molecule has 1 heterocycles. The number of nitrogens with zero attached hydrogens (tertiary/aromatic N) is 1. The van der Waals surface area contributed by atoms with Gasteiger partial charge in [0.25, 0.3) is 0 Å². The van der Waals surface area contributed by atoms with Gasteiger partial charge in [0.15, 0.2) is 12.4 Å². The predicted octanol–water partition coefficient (Wildman–Crippen LogP) is 2.40. The Balaban J connectivity index is 1.96. The number of carbonyl (C=O) groups excluding carboxylic acids is 1. The first-order valence-corrected chi connectivity index (χ1v) is 5.42. The third-order valence-electron chi connectivity index (χ3n) is 2.05. The summed E-state index contributed by atoms with van der Waals surface area (Å²) < 4.78 is 1.56. The van der Waals surface area contributed by atoms with Crippen LogP contribution in [-0.2, 0) is 0 Å². The highest BCUT2D eigenvalue weighted by atomic mass is 35.5. The number of pyridine rings is 1. The van der Waals surface area contributed by atoms with E-state index in [9.17, 15) is 4.79 Å². The molecule has 4 nitrogen and oxygen atoms in total. The van der Waals surface area contributed by atoms with Crippen molar-refractivity contribution >= 4 is 23.3 Å². The first-order valence-electron chi connectivity index (χ1n) is 5.04. The van der Waals surface area contributed by atoms with E-state index in [-0.39, 0.29) is 6.03 Å². The first kappa shape index (κ1) is 11.4. The monoisotopic (exact) mass is 248 g/mol. The summed E-state index contributed by atoms with van der Waals surface area (Å²) >= 11 is 5.75. The van der Waals surface area contributed by atoms with E-state index in [1.54, 1.807) is 41.3 Å². The third-order valence-corrected chi connectivity index (χ3v) is 2.30. The van der Waals surface area contributed by atoms with Crippen molar-refractivity contribution in [3.8, 4) is 0 Å². The molecule has 0 spiro atoms. The third kappa shape index (κ3) is 3.46. The molecule has 0 aliphatic rings. The van der Waals surface area contributed by atoms with Crippen LogP contribution in [0.25, 0.3) is 0 Å². The minimum atomic E-state index is -0.316. The van der Waals surface area contributed by atoms with Crippen LogP contribution in [0.5, 0.6) is 0 Å². The van der Waals surface area contributed by atoms with E-state index in [0.717, 1.165) is 0 Å². The molecule has 86 valence electrons. The number of rotatable bonds is 2. The molecule has 1 aromatic carbocycles. The Labute approximate surface area is 104 Å². The lowest BCUT2D eigenvalue weighted by molar-refractivity contribution is -0.641. The summed E-state index contributed by atoms with van der Waals surface area (Å²) in [7, 11) is 0. The van der Waals surface area contributed by atoms with Crippen LogP contribution in [0.4, 0.5) is 10.5 Å². The molecule has 2 amide bonds. The summed E-state index contributed by atoms with van der Waals surface area (Å²) in [6.07, 6.45) is 3.48. The van der Waals surface area contributed by atoms with Crippen LogP contribution in [0, 0.1) is 0 Å². The van der Waals surface area contributed by atoms with Crippen LogP contribution in [0.3, 0.4) is 0 Å². The van der Waals surface area contributed by atoms with E-state index in [1.165, 1.54) is 0 Å². The first-order chi connectivity index (χ1) is 8.24. The van der Waals surface area contributed by atoms with Crippen molar-refractivity contribution in [1.82, 2.24) is 0 Å². The minimum Gasteiger partial charge on any atom is -0.304 e. The molecule has 5 heteroatoms. The number of halogens is 1. The van der Waals surface area contributed by atoms with Gasteiger partial charge in [-0.3, -0.25) is 0 Å². The second-order valence-electron chi connectivity index (χ2n) is 3.36. The Morgan fingerprint density at radius 1 is 1.06 bits per heavy atom. The van der Waals surface area contributed by atoms with Crippen LogP contribution in [-0.4, -0.2) is 6.03 Å². The summed E-state index contributed by atoms with van der Waals surface area (Å²) in [4.78, 5) is 11.6. The summed E-state index contributed by atoms with van der Waals surface area (Å²) in [5.74, 6) is 0. The molecule has 0 radical (unpaired) electrons. The van der Waals surface area contributed by atoms with Crippen molar-refractivity contribution in [2.75, 3.05) is 10.7 Å². The fraction of sp³-hybridized carbons (Fsp3) is 0. The Kier molecular flexibility index (Phi) is 3.57. The lowest BCUT2D eigenvalue weighted by Gasteiger charge is -2.03. The summed E-state index contributed by atoms with van der Waals surface area (Å²) in [5, 5.41) is 3.32. The SMILES string of the molecule is O=C(Nc1ccc(Cl)cc1)N[n+]1ccccc1. The highest BCUT2D eigenvalue weighted by Gasteiger charge is 2.06. The lowest BCUT2D eigenvalue weighted by atomic mass is 10.3. The average Bonchev–Trinajstić information content (AvgIpc) is 2.33. The van der Waals surface area contributed by atoms with Gasteiger partial charge in [0.05, 0.1) is 0 Å². The molecule has 0 aliphatic heterocycles. The van der Waals surface area contributed by atoms with Crippen molar-refractivity contribution in [2.45, 2.75) is 0 Å². The predicted molar refractivity (Wildman–Crippen MR) is 66.5 cm³/mol. The largest absolute Gasteiger partial charge is 0.372 e. The van der Waals surface area contributed by atoms with Crippen molar-refractivity contribution in [3.05, 3.63) is 59.9 Å². The molecule has 2 aromatic rings.